The Bertz CT molecular complexity index is 369. The monoisotopic (exact) mass is 219 g/mol. The molecule has 0 saturated carbocycles. The van der Waals surface area contributed by atoms with Crippen molar-refractivity contribution < 1.29 is 4.79 Å². The van der Waals surface area contributed by atoms with E-state index in [1.807, 2.05) is 19.0 Å². The van der Waals surface area contributed by atoms with Gasteiger partial charge in [0.2, 0.25) is 0 Å². The van der Waals surface area contributed by atoms with Gasteiger partial charge in [-0.2, -0.15) is 0 Å². The Labute approximate surface area is 98.3 Å². The molecule has 0 radical (unpaired) electrons. The normalized spacial score (nSPS) is 10.8. The minimum atomic E-state index is 0.322. The summed E-state index contributed by atoms with van der Waals surface area (Å²) in [5, 5.41) is 0. The SMILES string of the molecule is Cc1ccc(C)c(CC(=O)CCN(C)C)c1. The van der Waals surface area contributed by atoms with Crippen LogP contribution in [0, 0.1) is 13.8 Å². The molecule has 2 heteroatoms. The molecule has 1 aromatic rings. The lowest BCUT2D eigenvalue weighted by Crippen LogP contribution is -2.17. The van der Waals surface area contributed by atoms with Gasteiger partial charge in [0.1, 0.15) is 5.78 Å². The molecule has 0 saturated heterocycles. The smallest absolute Gasteiger partial charge is 0.138 e. The van der Waals surface area contributed by atoms with E-state index in [1.165, 1.54) is 16.7 Å². The third-order valence-electron chi connectivity index (χ3n) is 2.73. The summed E-state index contributed by atoms with van der Waals surface area (Å²) < 4.78 is 0. The molecule has 1 rings (SSSR count). The van der Waals surface area contributed by atoms with Gasteiger partial charge in [-0.05, 0) is 39.1 Å². The van der Waals surface area contributed by atoms with E-state index in [4.69, 9.17) is 0 Å². The summed E-state index contributed by atoms with van der Waals surface area (Å²) in [5.41, 5.74) is 3.61. The Morgan fingerprint density at radius 3 is 2.56 bits per heavy atom. The Morgan fingerprint density at radius 2 is 1.94 bits per heavy atom. The van der Waals surface area contributed by atoms with Gasteiger partial charge >= 0.3 is 0 Å². The largest absolute Gasteiger partial charge is 0.309 e. The zero-order valence-corrected chi connectivity index (χ0v) is 10.7. The van der Waals surface area contributed by atoms with Gasteiger partial charge < -0.3 is 4.90 Å². The first-order valence-electron chi connectivity index (χ1n) is 5.71. The lowest BCUT2D eigenvalue weighted by molar-refractivity contribution is -0.118. The van der Waals surface area contributed by atoms with Crippen LogP contribution in [-0.4, -0.2) is 31.3 Å². The molecule has 16 heavy (non-hydrogen) atoms. The first-order valence-corrected chi connectivity index (χ1v) is 5.71. The molecule has 0 unspecified atom stereocenters. The minimum Gasteiger partial charge on any atom is -0.309 e. The Balaban J connectivity index is 2.59. The van der Waals surface area contributed by atoms with Crippen LogP contribution in [0.25, 0.3) is 0 Å². The quantitative estimate of drug-likeness (QED) is 0.757. The summed E-state index contributed by atoms with van der Waals surface area (Å²) in [6, 6.07) is 6.29. The molecule has 0 atom stereocenters. The maximum absolute atomic E-state index is 11.8. The van der Waals surface area contributed by atoms with E-state index in [0.29, 0.717) is 18.6 Å². The second-order valence-electron chi connectivity index (χ2n) is 4.70. The zero-order valence-electron chi connectivity index (χ0n) is 10.7. The molecule has 0 spiro atoms. The van der Waals surface area contributed by atoms with Crippen molar-refractivity contribution in [1.82, 2.24) is 4.90 Å². The molecule has 0 amide bonds. The van der Waals surface area contributed by atoms with Gasteiger partial charge in [0, 0.05) is 19.4 Å². The lowest BCUT2D eigenvalue weighted by atomic mass is 10.00. The third kappa shape index (κ3) is 4.15. The Morgan fingerprint density at radius 1 is 1.25 bits per heavy atom. The number of nitrogens with zero attached hydrogens (tertiary/aromatic N) is 1. The number of carbonyl (C=O) groups is 1. The molecule has 0 aromatic heterocycles. The predicted molar refractivity (Wildman–Crippen MR) is 67.8 cm³/mol. The van der Waals surface area contributed by atoms with E-state index in [9.17, 15) is 4.79 Å². The Kier molecular flexibility index (Phi) is 4.69. The van der Waals surface area contributed by atoms with Crippen LogP contribution in [0.2, 0.25) is 0 Å². The van der Waals surface area contributed by atoms with Crippen molar-refractivity contribution in [2.75, 3.05) is 20.6 Å². The van der Waals surface area contributed by atoms with E-state index in [2.05, 4.69) is 32.0 Å². The van der Waals surface area contributed by atoms with Gasteiger partial charge in [-0.15, -0.1) is 0 Å². The number of benzene rings is 1. The van der Waals surface area contributed by atoms with Crippen LogP contribution in [0.4, 0.5) is 0 Å². The number of Topliss-reactive ketones (excluding diaryl/α,β-unsaturated/α-hetero) is 1. The second kappa shape index (κ2) is 5.80. The molecular formula is C14H21NO. The van der Waals surface area contributed by atoms with Crippen LogP contribution in [-0.2, 0) is 11.2 Å². The number of ketones is 1. The van der Waals surface area contributed by atoms with Crippen molar-refractivity contribution in [2.24, 2.45) is 0 Å². The fourth-order valence-electron chi connectivity index (χ4n) is 1.64. The predicted octanol–water partition coefficient (Wildman–Crippen LogP) is 2.37. The average molecular weight is 219 g/mol. The van der Waals surface area contributed by atoms with Crippen molar-refractivity contribution in [1.29, 1.82) is 0 Å². The highest BCUT2D eigenvalue weighted by molar-refractivity contribution is 5.81. The minimum absolute atomic E-state index is 0.322. The Hall–Kier alpha value is -1.15. The van der Waals surface area contributed by atoms with Crippen molar-refractivity contribution in [2.45, 2.75) is 26.7 Å². The van der Waals surface area contributed by atoms with Gasteiger partial charge in [0.25, 0.3) is 0 Å². The zero-order chi connectivity index (χ0) is 12.1. The van der Waals surface area contributed by atoms with Gasteiger partial charge in [-0.3, -0.25) is 4.79 Å². The molecular weight excluding hydrogens is 198 g/mol. The molecule has 0 aliphatic rings. The lowest BCUT2D eigenvalue weighted by Gasteiger charge is -2.09. The highest BCUT2D eigenvalue weighted by Crippen LogP contribution is 2.12. The molecule has 0 heterocycles. The summed E-state index contributed by atoms with van der Waals surface area (Å²) in [6.45, 7) is 4.96. The van der Waals surface area contributed by atoms with Crippen LogP contribution >= 0.6 is 0 Å². The summed E-state index contributed by atoms with van der Waals surface area (Å²) >= 11 is 0. The highest BCUT2D eigenvalue weighted by atomic mass is 16.1. The maximum atomic E-state index is 11.8. The number of aryl methyl sites for hydroxylation is 2. The van der Waals surface area contributed by atoms with Gasteiger partial charge in [-0.1, -0.05) is 23.8 Å². The average Bonchev–Trinajstić information content (AvgIpc) is 2.20. The van der Waals surface area contributed by atoms with Gasteiger partial charge in [0.15, 0.2) is 0 Å². The van der Waals surface area contributed by atoms with E-state index in [0.717, 1.165) is 6.54 Å². The van der Waals surface area contributed by atoms with Crippen molar-refractivity contribution >= 4 is 5.78 Å². The van der Waals surface area contributed by atoms with E-state index < -0.39 is 0 Å². The van der Waals surface area contributed by atoms with Gasteiger partial charge in [-0.25, -0.2) is 0 Å². The molecule has 0 N–H and O–H groups in total. The molecule has 0 fully saturated rings. The van der Waals surface area contributed by atoms with Crippen LogP contribution in [0.3, 0.4) is 0 Å². The van der Waals surface area contributed by atoms with E-state index in [-0.39, 0.29) is 0 Å². The van der Waals surface area contributed by atoms with E-state index in [1.54, 1.807) is 0 Å². The van der Waals surface area contributed by atoms with Crippen molar-refractivity contribution in [3.05, 3.63) is 34.9 Å². The number of carbonyl (C=O) groups excluding carboxylic acids is 1. The standard InChI is InChI=1S/C14H21NO/c1-11-5-6-12(2)13(9-11)10-14(16)7-8-15(3)4/h5-6,9H,7-8,10H2,1-4H3. The van der Waals surface area contributed by atoms with Crippen molar-refractivity contribution in [3.63, 3.8) is 0 Å². The van der Waals surface area contributed by atoms with Crippen LogP contribution in [0.5, 0.6) is 0 Å². The molecule has 1 aromatic carbocycles. The number of hydrogen-bond acceptors (Lipinski definition) is 2. The molecule has 0 aliphatic heterocycles. The first kappa shape index (κ1) is 12.9. The molecule has 2 nitrogen and oxygen atoms in total. The van der Waals surface area contributed by atoms with Crippen molar-refractivity contribution in [3.8, 4) is 0 Å². The van der Waals surface area contributed by atoms with Crippen LogP contribution in [0.15, 0.2) is 18.2 Å². The third-order valence-corrected chi connectivity index (χ3v) is 2.73. The first-order chi connectivity index (χ1) is 7.49. The highest BCUT2D eigenvalue weighted by Gasteiger charge is 2.06. The topological polar surface area (TPSA) is 20.3 Å². The van der Waals surface area contributed by atoms with Crippen LogP contribution in [0.1, 0.15) is 23.1 Å². The molecule has 88 valence electrons. The molecule has 0 bridgehead atoms. The van der Waals surface area contributed by atoms with Crippen LogP contribution < -0.4 is 0 Å². The number of hydrogen-bond donors (Lipinski definition) is 0. The fraction of sp³-hybridized carbons (Fsp3) is 0.500. The summed E-state index contributed by atoms with van der Waals surface area (Å²) in [6.07, 6.45) is 1.21. The maximum Gasteiger partial charge on any atom is 0.138 e. The second-order valence-corrected chi connectivity index (χ2v) is 4.70. The van der Waals surface area contributed by atoms with E-state index >= 15 is 0 Å². The molecule has 0 aliphatic carbocycles. The summed E-state index contributed by atoms with van der Waals surface area (Å²) in [7, 11) is 3.98. The summed E-state index contributed by atoms with van der Waals surface area (Å²) in [5.74, 6) is 0.322. The fourth-order valence-corrected chi connectivity index (χ4v) is 1.64. The number of rotatable bonds is 5. The van der Waals surface area contributed by atoms with Gasteiger partial charge in [0.05, 0.1) is 0 Å². The summed E-state index contributed by atoms with van der Waals surface area (Å²) in [4.78, 5) is 13.8.